The van der Waals surface area contributed by atoms with E-state index >= 15 is 0 Å². The quantitative estimate of drug-likeness (QED) is 0.839. The molecule has 0 aromatic carbocycles. The molecule has 2 N–H and O–H groups in total. The second kappa shape index (κ2) is 4.90. The lowest BCUT2D eigenvalue weighted by atomic mass is 10.1. The van der Waals surface area contributed by atoms with Crippen LogP contribution in [0, 0.1) is 0 Å². The molecule has 0 unspecified atom stereocenters. The number of hydrogen-bond acceptors (Lipinski definition) is 3. The zero-order valence-corrected chi connectivity index (χ0v) is 9.43. The summed E-state index contributed by atoms with van der Waals surface area (Å²) in [5, 5.41) is 4.37. The fourth-order valence-electron chi connectivity index (χ4n) is 1.63. The molecule has 4 heteroatoms. The molecule has 2 aromatic heterocycles. The number of pyridine rings is 1. The van der Waals surface area contributed by atoms with Crippen LogP contribution >= 0.6 is 0 Å². The zero-order chi connectivity index (χ0) is 11.4. The van der Waals surface area contributed by atoms with Gasteiger partial charge < -0.3 is 5.73 Å². The Kier molecular flexibility index (Phi) is 3.31. The molecule has 0 atom stereocenters. The third-order valence-corrected chi connectivity index (χ3v) is 2.46. The van der Waals surface area contributed by atoms with Gasteiger partial charge >= 0.3 is 0 Å². The van der Waals surface area contributed by atoms with E-state index in [1.165, 1.54) is 0 Å². The van der Waals surface area contributed by atoms with Gasteiger partial charge in [-0.2, -0.15) is 5.10 Å². The summed E-state index contributed by atoms with van der Waals surface area (Å²) in [5.41, 5.74) is 8.66. The molecule has 0 aliphatic rings. The molecule has 2 rings (SSSR count). The van der Waals surface area contributed by atoms with E-state index in [1.54, 1.807) is 4.68 Å². The van der Waals surface area contributed by atoms with Crippen molar-refractivity contribution in [2.45, 2.75) is 12.8 Å². The topological polar surface area (TPSA) is 56.7 Å². The summed E-state index contributed by atoms with van der Waals surface area (Å²) in [6, 6.07) is 6.06. The van der Waals surface area contributed by atoms with Gasteiger partial charge in [-0.3, -0.25) is 9.67 Å². The van der Waals surface area contributed by atoms with Crippen LogP contribution in [0.5, 0.6) is 0 Å². The van der Waals surface area contributed by atoms with Crippen molar-refractivity contribution in [3.05, 3.63) is 36.3 Å². The van der Waals surface area contributed by atoms with Crippen molar-refractivity contribution in [3.63, 3.8) is 0 Å². The van der Waals surface area contributed by atoms with Crippen LogP contribution in [0.3, 0.4) is 0 Å². The first-order chi connectivity index (χ1) is 7.79. The van der Waals surface area contributed by atoms with Crippen LogP contribution in [0.15, 0.2) is 30.6 Å². The third kappa shape index (κ3) is 2.46. The molecule has 84 valence electrons. The summed E-state index contributed by atoms with van der Waals surface area (Å²) >= 11 is 0. The molecule has 2 heterocycles. The first kappa shape index (κ1) is 10.8. The SMILES string of the molecule is Cn1ccc(-c2ccnc(CCCN)c2)n1. The van der Waals surface area contributed by atoms with Crippen LogP contribution < -0.4 is 5.73 Å². The number of aryl methyl sites for hydroxylation is 2. The Bertz CT molecular complexity index is 462. The summed E-state index contributed by atoms with van der Waals surface area (Å²) < 4.78 is 1.80. The molecule has 4 nitrogen and oxygen atoms in total. The van der Waals surface area contributed by atoms with Crippen molar-refractivity contribution < 1.29 is 0 Å². The van der Waals surface area contributed by atoms with Gasteiger partial charge in [0.05, 0.1) is 5.69 Å². The van der Waals surface area contributed by atoms with Crippen molar-refractivity contribution in [2.75, 3.05) is 6.54 Å². The number of aromatic nitrogens is 3. The Hall–Kier alpha value is -1.68. The summed E-state index contributed by atoms with van der Waals surface area (Å²) in [4.78, 5) is 4.32. The molecule has 0 aliphatic carbocycles. The van der Waals surface area contributed by atoms with E-state index in [0.29, 0.717) is 6.54 Å². The maximum absolute atomic E-state index is 5.49. The molecule has 0 saturated carbocycles. The van der Waals surface area contributed by atoms with Crippen LogP contribution in [-0.4, -0.2) is 21.3 Å². The van der Waals surface area contributed by atoms with Gasteiger partial charge in [-0.15, -0.1) is 0 Å². The summed E-state index contributed by atoms with van der Waals surface area (Å²) in [6.45, 7) is 0.704. The van der Waals surface area contributed by atoms with Gasteiger partial charge in [0, 0.05) is 30.7 Å². The molecular formula is C12H16N4. The molecule has 0 amide bonds. The predicted molar refractivity (Wildman–Crippen MR) is 63.8 cm³/mol. The fraction of sp³-hybridized carbons (Fsp3) is 0.333. The molecule has 2 aromatic rings. The second-order valence-corrected chi connectivity index (χ2v) is 3.80. The van der Waals surface area contributed by atoms with Crippen LogP contribution in [0.1, 0.15) is 12.1 Å². The Labute approximate surface area is 95.1 Å². The fourth-order valence-corrected chi connectivity index (χ4v) is 1.63. The summed E-state index contributed by atoms with van der Waals surface area (Å²) in [7, 11) is 1.92. The van der Waals surface area contributed by atoms with Gasteiger partial charge in [0.1, 0.15) is 0 Å². The predicted octanol–water partition coefficient (Wildman–Crippen LogP) is 1.37. The van der Waals surface area contributed by atoms with Crippen molar-refractivity contribution >= 4 is 0 Å². The lowest BCUT2D eigenvalue weighted by Crippen LogP contribution is -2.01. The van der Waals surface area contributed by atoms with Crippen LogP contribution in [0.2, 0.25) is 0 Å². The minimum absolute atomic E-state index is 0.704. The minimum atomic E-state index is 0.704. The molecule has 0 spiro atoms. The number of nitrogens with two attached hydrogens (primary N) is 1. The highest BCUT2D eigenvalue weighted by molar-refractivity contribution is 5.58. The van der Waals surface area contributed by atoms with E-state index in [-0.39, 0.29) is 0 Å². The standard InChI is InChI=1S/C12H16N4/c1-16-8-5-12(15-16)10-4-7-14-11(9-10)3-2-6-13/h4-5,7-9H,2-3,6,13H2,1H3. The Morgan fingerprint density at radius 1 is 1.38 bits per heavy atom. The van der Waals surface area contributed by atoms with Crippen LogP contribution in [-0.2, 0) is 13.5 Å². The number of rotatable bonds is 4. The molecule has 16 heavy (non-hydrogen) atoms. The van der Waals surface area contributed by atoms with E-state index in [9.17, 15) is 0 Å². The highest BCUT2D eigenvalue weighted by atomic mass is 15.2. The number of hydrogen-bond donors (Lipinski definition) is 1. The third-order valence-electron chi connectivity index (χ3n) is 2.46. The molecular weight excluding hydrogens is 200 g/mol. The average molecular weight is 216 g/mol. The van der Waals surface area contributed by atoms with Crippen molar-refractivity contribution in [1.82, 2.24) is 14.8 Å². The lowest BCUT2D eigenvalue weighted by molar-refractivity contribution is 0.770. The van der Waals surface area contributed by atoms with Crippen LogP contribution in [0.25, 0.3) is 11.3 Å². The smallest absolute Gasteiger partial charge is 0.0924 e. The van der Waals surface area contributed by atoms with Gasteiger partial charge in [-0.1, -0.05) is 0 Å². The Morgan fingerprint density at radius 2 is 2.25 bits per heavy atom. The second-order valence-electron chi connectivity index (χ2n) is 3.80. The van der Waals surface area contributed by atoms with E-state index in [4.69, 9.17) is 5.73 Å². The molecule has 0 fully saturated rings. The van der Waals surface area contributed by atoms with Crippen LogP contribution in [0.4, 0.5) is 0 Å². The molecule has 0 aliphatic heterocycles. The highest BCUT2D eigenvalue weighted by Gasteiger charge is 2.02. The summed E-state index contributed by atoms with van der Waals surface area (Å²) in [6.07, 6.45) is 5.67. The molecule has 0 saturated heterocycles. The van der Waals surface area contributed by atoms with Crippen molar-refractivity contribution in [1.29, 1.82) is 0 Å². The monoisotopic (exact) mass is 216 g/mol. The maximum Gasteiger partial charge on any atom is 0.0924 e. The van der Waals surface area contributed by atoms with Crippen molar-refractivity contribution in [3.8, 4) is 11.3 Å². The minimum Gasteiger partial charge on any atom is -0.330 e. The van der Waals surface area contributed by atoms with Gasteiger partial charge in [0.25, 0.3) is 0 Å². The Morgan fingerprint density at radius 3 is 2.94 bits per heavy atom. The Balaban J connectivity index is 2.22. The summed E-state index contributed by atoms with van der Waals surface area (Å²) in [5.74, 6) is 0. The first-order valence-corrected chi connectivity index (χ1v) is 5.44. The van der Waals surface area contributed by atoms with Gasteiger partial charge in [-0.05, 0) is 37.6 Å². The van der Waals surface area contributed by atoms with E-state index < -0.39 is 0 Å². The van der Waals surface area contributed by atoms with Crippen molar-refractivity contribution in [2.24, 2.45) is 12.8 Å². The van der Waals surface area contributed by atoms with Gasteiger partial charge in [0.2, 0.25) is 0 Å². The molecule has 0 bridgehead atoms. The van der Waals surface area contributed by atoms with E-state index in [0.717, 1.165) is 29.8 Å². The maximum atomic E-state index is 5.49. The van der Waals surface area contributed by atoms with Gasteiger partial charge in [0.15, 0.2) is 0 Å². The lowest BCUT2D eigenvalue weighted by Gasteiger charge is -2.01. The largest absolute Gasteiger partial charge is 0.330 e. The molecule has 0 radical (unpaired) electrons. The highest BCUT2D eigenvalue weighted by Crippen LogP contribution is 2.17. The average Bonchev–Trinajstić information content (AvgIpc) is 2.74. The zero-order valence-electron chi connectivity index (χ0n) is 9.43. The first-order valence-electron chi connectivity index (χ1n) is 5.44. The number of nitrogens with zero attached hydrogens (tertiary/aromatic N) is 3. The normalized spacial score (nSPS) is 10.6. The van der Waals surface area contributed by atoms with E-state index in [1.807, 2.05) is 31.6 Å². The van der Waals surface area contributed by atoms with Gasteiger partial charge in [-0.25, -0.2) is 0 Å². The van der Waals surface area contributed by atoms with E-state index in [2.05, 4.69) is 16.1 Å².